The molecule has 3 atom stereocenters. The Morgan fingerprint density at radius 2 is 2.05 bits per heavy atom. The van der Waals surface area contributed by atoms with Crippen LogP contribution < -0.4 is 10.6 Å². The number of nitrogens with zero attached hydrogens (tertiary/aromatic N) is 2. The molecule has 1 fully saturated rings. The van der Waals surface area contributed by atoms with Gasteiger partial charge in [0.25, 0.3) is 0 Å². The smallest absolute Gasteiger partial charge is 0.411 e. The summed E-state index contributed by atoms with van der Waals surface area (Å²) < 4.78 is 20.2. The second kappa shape index (κ2) is 10.9. The average molecular weight is 556 g/mol. The first-order valence-electron chi connectivity index (χ1n) is 12.6. The van der Waals surface area contributed by atoms with Crippen LogP contribution in [-0.2, 0) is 9.53 Å². The molecule has 2 aliphatic heterocycles. The number of benzene rings is 2. The first-order chi connectivity index (χ1) is 18.7. The highest BCUT2D eigenvalue weighted by Crippen LogP contribution is 2.38. The molecule has 204 valence electrons. The van der Waals surface area contributed by atoms with Crippen LogP contribution in [0.3, 0.4) is 0 Å². The van der Waals surface area contributed by atoms with Crippen LogP contribution >= 0.6 is 11.6 Å². The fourth-order valence-corrected chi connectivity index (χ4v) is 5.21. The molecule has 10 nitrogen and oxygen atoms in total. The SMILES string of the molecule is C[C@@H]1CCC[C@H](N2CCC(c3cccc(Cl)c3F)OC2=O)c2nc(c[nH]2)-c2ccc(NC(=O)O)cc2NC1=O. The van der Waals surface area contributed by atoms with Crippen molar-refractivity contribution in [2.75, 3.05) is 17.2 Å². The van der Waals surface area contributed by atoms with Crippen molar-refractivity contribution in [3.8, 4) is 11.3 Å². The van der Waals surface area contributed by atoms with Crippen LogP contribution in [-0.4, -0.2) is 44.6 Å². The van der Waals surface area contributed by atoms with Crippen molar-refractivity contribution >= 4 is 41.1 Å². The van der Waals surface area contributed by atoms with Crippen LogP contribution in [0.25, 0.3) is 11.3 Å². The lowest BCUT2D eigenvalue weighted by atomic mass is 9.98. The molecule has 0 saturated carbocycles. The summed E-state index contributed by atoms with van der Waals surface area (Å²) in [6.07, 6.45) is 1.19. The van der Waals surface area contributed by atoms with Gasteiger partial charge in [-0.25, -0.2) is 19.0 Å². The van der Waals surface area contributed by atoms with Crippen LogP contribution in [0.5, 0.6) is 0 Å². The number of rotatable bonds is 3. The third-order valence-corrected chi connectivity index (χ3v) is 7.39. The number of aromatic nitrogens is 2. The van der Waals surface area contributed by atoms with Gasteiger partial charge in [-0.05, 0) is 37.1 Å². The lowest BCUT2D eigenvalue weighted by molar-refractivity contribution is -0.119. The van der Waals surface area contributed by atoms with Crippen molar-refractivity contribution in [1.82, 2.24) is 14.9 Å². The van der Waals surface area contributed by atoms with Gasteiger partial charge in [-0.2, -0.15) is 0 Å². The molecule has 1 saturated heterocycles. The predicted molar refractivity (Wildman–Crippen MR) is 142 cm³/mol. The minimum absolute atomic E-state index is 0.0299. The molecule has 5 rings (SSSR count). The van der Waals surface area contributed by atoms with E-state index in [0.29, 0.717) is 60.7 Å². The molecule has 1 aromatic heterocycles. The van der Waals surface area contributed by atoms with Crippen molar-refractivity contribution in [1.29, 1.82) is 0 Å². The number of nitrogens with one attached hydrogen (secondary N) is 3. The fourth-order valence-electron chi connectivity index (χ4n) is 5.03. The van der Waals surface area contributed by atoms with E-state index in [-0.39, 0.29) is 22.4 Å². The van der Waals surface area contributed by atoms with E-state index >= 15 is 0 Å². The van der Waals surface area contributed by atoms with Crippen LogP contribution in [0, 0.1) is 11.7 Å². The summed E-state index contributed by atoms with van der Waals surface area (Å²) in [4.78, 5) is 46.8. The van der Waals surface area contributed by atoms with Crippen LogP contribution in [0.4, 0.5) is 25.4 Å². The molecule has 0 aliphatic carbocycles. The Labute approximate surface area is 228 Å². The van der Waals surface area contributed by atoms with Gasteiger partial charge in [0.05, 0.1) is 22.4 Å². The van der Waals surface area contributed by atoms with Crippen molar-refractivity contribution in [2.24, 2.45) is 5.92 Å². The monoisotopic (exact) mass is 555 g/mol. The Bertz CT molecular complexity index is 1430. The largest absolute Gasteiger partial charge is 0.465 e. The molecule has 3 aromatic rings. The van der Waals surface area contributed by atoms with E-state index in [2.05, 4.69) is 15.6 Å². The Morgan fingerprint density at radius 1 is 1.23 bits per heavy atom. The number of carbonyl (C=O) groups excluding carboxylic acids is 2. The second-order valence-electron chi connectivity index (χ2n) is 9.70. The number of anilines is 2. The number of aromatic amines is 1. The highest BCUT2D eigenvalue weighted by molar-refractivity contribution is 6.30. The maximum Gasteiger partial charge on any atom is 0.411 e. The van der Waals surface area contributed by atoms with Crippen molar-refractivity contribution < 1.29 is 28.6 Å². The van der Waals surface area contributed by atoms with Crippen molar-refractivity contribution in [3.63, 3.8) is 0 Å². The maximum absolute atomic E-state index is 14.6. The summed E-state index contributed by atoms with van der Waals surface area (Å²) in [7, 11) is 0. The standard InChI is InChI=1S/C27H27ClFN5O5/c1-14-4-2-7-21(34-11-10-22(39-27(34)38)17-5-3-6-18(28)23(17)29)24-30-13-20(32-24)16-9-8-15(31-26(36)37)12-19(16)33-25(14)35/h3,5-6,8-9,12-14,21-22,31H,2,4,7,10-11H2,1H3,(H,30,32)(H,33,35)(H,36,37)/t14-,21+,22?/m1/s1. The summed E-state index contributed by atoms with van der Waals surface area (Å²) in [6, 6.07) is 8.96. The Morgan fingerprint density at radius 3 is 2.82 bits per heavy atom. The molecular formula is C27H27ClFN5O5. The second-order valence-corrected chi connectivity index (χ2v) is 10.1. The number of carboxylic acid groups (broad SMARTS) is 1. The van der Waals surface area contributed by atoms with Gasteiger partial charge in [-0.3, -0.25) is 15.0 Å². The zero-order chi connectivity index (χ0) is 27.7. The Hall–Kier alpha value is -4.12. The average Bonchev–Trinajstić information content (AvgIpc) is 3.37. The number of fused-ring (bicyclic) bond motifs is 4. The fraction of sp³-hybridized carbons (Fsp3) is 0.333. The minimum Gasteiger partial charge on any atom is -0.465 e. The first kappa shape index (κ1) is 26.5. The molecule has 1 unspecified atom stereocenters. The summed E-state index contributed by atoms with van der Waals surface area (Å²) in [5.41, 5.74) is 2.06. The van der Waals surface area contributed by atoms with Gasteiger partial charge in [0.2, 0.25) is 5.91 Å². The molecule has 0 spiro atoms. The maximum atomic E-state index is 14.6. The van der Waals surface area contributed by atoms with Gasteiger partial charge in [-0.15, -0.1) is 0 Å². The summed E-state index contributed by atoms with van der Waals surface area (Å²) in [5, 5.41) is 14.3. The highest BCUT2D eigenvalue weighted by Gasteiger charge is 2.36. The van der Waals surface area contributed by atoms with Gasteiger partial charge in [0, 0.05) is 41.9 Å². The number of ether oxygens (including phenoxy) is 1. The van der Waals surface area contributed by atoms with E-state index < -0.39 is 30.1 Å². The number of imidazole rings is 1. The molecule has 0 radical (unpaired) electrons. The number of amides is 3. The van der Waals surface area contributed by atoms with Crippen molar-refractivity contribution in [3.05, 3.63) is 64.8 Å². The molecule has 2 aliphatic rings. The van der Waals surface area contributed by atoms with E-state index in [4.69, 9.17) is 26.4 Å². The van der Waals surface area contributed by atoms with E-state index in [1.807, 2.05) is 6.92 Å². The third kappa shape index (κ3) is 5.53. The number of cyclic esters (lactones) is 1. The van der Waals surface area contributed by atoms with E-state index in [1.54, 1.807) is 41.4 Å². The van der Waals surface area contributed by atoms with Crippen LogP contribution in [0.1, 0.15) is 56.1 Å². The van der Waals surface area contributed by atoms with E-state index in [9.17, 15) is 18.8 Å². The van der Waals surface area contributed by atoms with Gasteiger partial charge in [-0.1, -0.05) is 37.1 Å². The summed E-state index contributed by atoms with van der Waals surface area (Å²) in [6.45, 7) is 2.13. The van der Waals surface area contributed by atoms with Gasteiger partial charge >= 0.3 is 12.2 Å². The van der Waals surface area contributed by atoms with Gasteiger partial charge in [0.1, 0.15) is 17.7 Å². The van der Waals surface area contributed by atoms with Crippen molar-refractivity contribution in [2.45, 2.75) is 44.8 Å². The van der Waals surface area contributed by atoms with E-state index in [0.717, 1.165) is 0 Å². The van der Waals surface area contributed by atoms with Gasteiger partial charge in [0.15, 0.2) is 0 Å². The Kier molecular flexibility index (Phi) is 7.42. The third-order valence-electron chi connectivity index (χ3n) is 7.09. The summed E-state index contributed by atoms with van der Waals surface area (Å²) >= 11 is 5.92. The first-order valence-corrected chi connectivity index (χ1v) is 13.0. The molecular weight excluding hydrogens is 529 g/mol. The lowest BCUT2D eigenvalue weighted by Crippen LogP contribution is -2.42. The lowest BCUT2D eigenvalue weighted by Gasteiger charge is -2.36. The normalized spacial score (nSPS) is 21.6. The number of H-pyrrole nitrogens is 1. The molecule has 2 bridgehead atoms. The minimum atomic E-state index is -1.22. The number of halogens is 2. The van der Waals surface area contributed by atoms with Crippen LogP contribution in [0.2, 0.25) is 5.02 Å². The Balaban J connectivity index is 1.45. The topological polar surface area (TPSA) is 137 Å². The van der Waals surface area contributed by atoms with E-state index in [1.165, 1.54) is 6.07 Å². The number of hydrogen-bond donors (Lipinski definition) is 4. The predicted octanol–water partition coefficient (Wildman–Crippen LogP) is 6.34. The van der Waals surface area contributed by atoms with Gasteiger partial charge < -0.3 is 20.1 Å². The number of carbonyl (C=O) groups is 3. The zero-order valence-corrected chi connectivity index (χ0v) is 21.8. The highest BCUT2D eigenvalue weighted by atomic mass is 35.5. The molecule has 4 N–H and O–H groups in total. The quantitative estimate of drug-likeness (QED) is 0.297. The summed E-state index contributed by atoms with van der Waals surface area (Å²) in [5.74, 6) is -0.591. The molecule has 3 amide bonds. The number of hydrogen-bond acceptors (Lipinski definition) is 5. The molecule has 2 aromatic carbocycles. The zero-order valence-electron chi connectivity index (χ0n) is 21.0. The molecule has 3 heterocycles. The molecule has 39 heavy (non-hydrogen) atoms. The van der Waals surface area contributed by atoms with Crippen LogP contribution in [0.15, 0.2) is 42.6 Å². The molecule has 12 heteroatoms.